The zero-order valence-electron chi connectivity index (χ0n) is 19.8. The van der Waals surface area contributed by atoms with Gasteiger partial charge in [-0.3, -0.25) is 14.3 Å². The third-order valence-electron chi connectivity index (χ3n) is 6.51. The van der Waals surface area contributed by atoms with Crippen molar-refractivity contribution in [2.45, 2.75) is 20.3 Å². The van der Waals surface area contributed by atoms with Gasteiger partial charge in [0, 0.05) is 36.6 Å². The van der Waals surface area contributed by atoms with Gasteiger partial charge in [0.2, 0.25) is 0 Å². The number of anilines is 2. The van der Waals surface area contributed by atoms with Crippen LogP contribution in [0.25, 0.3) is 11.3 Å². The number of halogens is 1. The molecule has 0 bridgehead atoms. The number of nitrogens with one attached hydrogen (secondary N) is 1. The summed E-state index contributed by atoms with van der Waals surface area (Å²) in [6.45, 7) is 4.40. The average Bonchev–Trinajstić information content (AvgIpc) is 3.14. The highest BCUT2D eigenvalue weighted by Gasteiger charge is 2.27. The van der Waals surface area contributed by atoms with Crippen molar-refractivity contribution in [1.29, 1.82) is 0 Å². The van der Waals surface area contributed by atoms with E-state index in [0.717, 1.165) is 33.6 Å². The minimum Gasteiger partial charge on any atom is -0.322 e. The highest BCUT2D eigenvalue weighted by atomic mass is 35.5. The number of hydrogen-bond donors (Lipinski definition) is 1. The second kappa shape index (κ2) is 9.04. The number of aryl methyl sites for hydroxylation is 2. The van der Waals surface area contributed by atoms with Gasteiger partial charge in [-0.1, -0.05) is 41.9 Å². The van der Waals surface area contributed by atoms with Crippen LogP contribution >= 0.6 is 11.6 Å². The Balaban J connectivity index is 1.42. The first-order valence-corrected chi connectivity index (χ1v) is 11.8. The van der Waals surface area contributed by atoms with Gasteiger partial charge in [0.15, 0.2) is 0 Å². The van der Waals surface area contributed by atoms with Crippen LogP contribution in [-0.4, -0.2) is 28.1 Å². The van der Waals surface area contributed by atoms with Gasteiger partial charge >= 0.3 is 0 Å². The van der Waals surface area contributed by atoms with Gasteiger partial charge in [-0.25, -0.2) is 0 Å². The van der Waals surface area contributed by atoms with Crippen molar-refractivity contribution < 1.29 is 9.59 Å². The lowest BCUT2D eigenvalue weighted by molar-refractivity contribution is 0.0986. The van der Waals surface area contributed by atoms with Crippen molar-refractivity contribution in [3.05, 3.63) is 99.7 Å². The number of aromatic nitrogens is 2. The Bertz CT molecular complexity index is 1470. The molecule has 1 aliphatic heterocycles. The third kappa shape index (κ3) is 4.21. The number of benzene rings is 3. The summed E-state index contributed by atoms with van der Waals surface area (Å²) in [5, 5.41) is 7.80. The van der Waals surface area contributed by atoms with Crippen LogP contribution in [0.2, 0.25) is 5.02 Å². The number of nitrogens with zero attached hydrogens (tertiary/aromatic N) is 3. The van der Waals surface area contributed by atoms with Crippen LogP contribution in [-0.2, 0) is 13.5 Å². The quantitative estimate of drug-likeness (QED) is 0.399. The molecule has 1 aliphatic rings. The fraction of sp³-hybridized carbons (Fsp3) is 0.179. The van der Waals surface area contributed by atoms with E-state index in [1.807, 2.05) is 63.5 Å². The van der Waals surface area contributed by atoms with Crippen LogP contribution in [0.3, 0.4) is 0 Å². The van der Waals surface area contributed by atoms with E-state index in [4.69, 9.17) is 11.6 Å². The Morgan fingerprint density at radius 1 is 1.00 bits per heavy atom. The number of amides is 2. The molecule has 7 heteroatoms. The molecule has 2 amide bonds. The molecule has 0 atom stereocenters. The standard InChI is InChI=1S/C28H25ClN4O2/c1-17-7-6-9-21(18(17)2)27(34)30-20-11-12-22(24(29)15-20)28(35)33-14-13-19-16-32(3)31-26(19)23-8-4-5-10-25(23)33/h4-12,15-16H,13-14H2,1-3H3,(H,30,34). The van der Waals surface area contributed by atoms with Crippen molar-refractivity contribution >= 4 is 34.8 Å². The molecule has 1 aromatic heterocycles. The van der Waals surface area contributed by atoms with Gasteiger partial charge in [-0.15, -0.1) is 0 Å². The van der Waals surface area contributed by atoms with Crippen molar-refractivity contribution in [1.82, 2.24) is 9.78 Å². The lowest BCUT2D eigenvalue weighted by Crippen LogP contribution is -2.32. The molecule has 0 aliphatic carbocycles. The van der Waals surface area contributed by atoms with Gasteiger partial charge in [0.05, 0.1) is 22.0 Å². The Labute approximate surface area is 209 Å². The molecule has 6 nitrogen and oxygen atoms in total. The summed E-state index contributed by atoms with van der Waals surface area (Å²) in [6, 6.07) is 18.4. The zero-order valence-corrected chi connectivity index (χ0v) is 20.6. The maximum absolute atomic E-state index is 13.6. The maximum Gasteiger partial charge on any atom is 0.259 e. The second-order valence-electron chi connectivity index (χ2n) is 8.80. The molecule has 0 unspecified atom stereocenters. The molecule has 176 valence electrons. The Kier molecular flexibility index (Phi) is 5.91. The van der Waals surface area contributed by atoms with Crippen molar-refractivity contribution in [3.63, 3.8) is 0 Å². The van der Waals surface area contributed by atoms with Crippen LogP contribution in [0.15, 0.2) is 66.9 Å². The predicted octanol–water partition coefficient (Wildman–Crippen LogP) is 5.81. The van der Waals surface area contributed by atoms with E-state index in [1.54, 1.807) is 33.8 Å². The van der Waals surface area contributed by atoms with Crippen molar-refractivity contribution in [3.8, 4) is 11.3 Å². The first-order valence-electron chi connectivity index (χ1n) is 11.4. The van der Waals surface area contributed by atoms with Crippen LogP contribution in [0, 0.1) is 13.8 Å². The van der Waals surface area contributed by atoms with E-state index in [1.165, 1.54) is 0 Å². The molecule has 0 saturated heterocycles. The zero-order chi connectivity index (χ0) is 24.7. The fourth-order valence-electron chi connectivity index (χ4n) is 4.53. The molecule has 5 rings (SSSR count). The summed E-state index contributed by atoms with van der Waals surface area (Å²) < 4.78 is 1.81. The summed E-state index contributed by atoms with van der Waals surface area (Å²) in [6.07, 6.45) is 2.69. The Morgan fingerprint density at radius 2 is 1.80 bits per heavy atom. The van der Waals surface area contributed by atoms with Crippen LogP contribution in [0.4, 0.5) is 11.4 Å². The fourth-order valence-corrected chi connectivity index (χ4v) is 4.79. The molecule has 1 N–H and O–H groups in total. The smallest absolute Gasteiger partial charge is 0.259 e. The lowest BCUT2D eigenvalue weighted by Gasteiger charge is -2.23. The van der Waals surface area contributed by atoms with Crippen molar-refractivity contribution in [2.75, 3.05) is 16.8 Å². The molecule has 0 saturated carbocycles. The van der Waals surface area contributed by atoms with E-state index in [0.29, 0.717) is 29.8 Å². The predicted molar refractivity (Wildman–Crippen MR) is 139 cm³/mol. The summed E-state index contributed by atoms with van der Waals surface area (Å²) >= 11 is 6.57. The van der Waals surface area contributed by atoms with Gasteiger partial charge in [0.1, 0.15) is 0 Å². The molecular formula is C28H25ClN4O2. The van der Waals surface area contributed by atoms with E-state index in [2.05, 4.69) is 10.4 Å². The lowest BCUT2D eigenvalue weighted by atomic mass is 10.0. The first kappa shape index (κ1) is 22.9. The molecule has 0 radical (unpaired) electrons. The van der Waals surface area contributed by atoms with Gasteiger partial charge < -0.3 is 10.2 Å². The molecule has 35 heavy (non-hydrogen) atoms. The third-order valence-corrected chi connectivity index (χ3v) is 6.82. The summed E-state index contributed by atoms with van der Waals surface area (Å²) in [7, 11) is 1.90. The molecule has 0 fully saturated rings. The van der Waals surface area contributed by atoms with E-state index in [9.17, 15) is 9.59 Å². The molecule has 2 heterocycles. The molecular weight excluding hydrogens is 460 g/mol. The minimum atomic E-state index is -0.214. The van der Waals surface area contributed by atoms with Crippen molar-refractivity contribution in [2.24, 2.45) is 7.05 Å². The summed E-state index contributed by atoms with van der Waals surface area (Å²) in [5.41, 5.74) is 7.22. The van der Waals surface area contributed by atoms with E-state index in [-0.39, 0.29) is 16.8 Å². The van der Waals surface area contributed by atoms with Crippen LogP contribution in [0.1, 0.15) is 37.4 Å². The van der Waals surface area contributed by atoms with Gasteiger partial charge in [0.25, 0.3) is 11.8 Å². The minimum absolute atomic E-state index is 0.190. The second-order valence-corrected chi connectivity index (χ2v) is 9.20. The number of para-hydroxylation sites is 1. The van der Waals surface area contributed by atoms with Gasteiger partial charge in [-0.2, -0.15) is 5.10 Å². The summed E-state index contributed by atoms with van der Waals surface area (Å²) in [5.74, 6) is -0.405. The summed E-state index contributed by atoms with van der Waals surface area (Å²) in [4.78, 5) is 28.2. The Morgan fingerprint density at radius 3 is 2.60 bits per heavy atom. The Hall–Kier alpha value is -3.90. The number of hydrogen-bond acceptors (Lipinski definition) is 3. The average molecular weight is 485 g/mol. The number of rotatable bonds is 3. The number of fused-ring (bicyclic) bond motifs is 3. The van der Waals surface area contributed by atoms with E-state index < -0.39 is 0 Å². The SMILES string of the molecule is Cc1cccc(C(=O)Nc2ccc(C(=O)N3CCc4cn(C)nc4-c4ccccc43)c(Cl)c2)c1C. The monoisotopic (exact) mass is 484 g/mol. The highest BCUT2D eigenvalue weighted by Crippen LogP contribution is 2.36. The maximum atomic E-state index is 13.6. The van der Waals surface area contributed by atoms with Crippen LogP contribution in [0.5, 0.6) is 0 Å². The number of carbonyl (C=O) groups is 2. The van der Waals surface area contributed by atoms with Gasteiger partial charge in [-0.05, 0) is 67.3 Å². The normalized spacial score (nSPS) is 12.5. The number of carbonyl (C=O) groups excluding carboxylic acids is 2. The highest BCUT2D eigenvalue weighted by molar-refractivity contribution is 6.35. The van der Waals surface area contributed by atoms with Crippen LogP contribution < -0.4 is 10.2 Å². The molecule has 4 aromatic rings. The molecule has 3 aromatic carbocycles. The first-order chi connectivity index (χ1) is 16.8. The molecule has 0 spiro atoms. The largest absolute Gasteiger partial charge is 0.322 e. The van der Waals surface area contributed by atoms with E-state index >= 15 is 0 Å². The topological polar surface area (TPSA) is 67.2 Å².